The molecule has 1 aliphatic heterocycles. The summed E-state index contributed by atoms with van der Waals surface area (Å²) in [4.78, 5) is 10.5. The van der Waals surface area contributed by atoms with Gasteiger partial charge in [0.15, 0.2) is 4.80 Å². The van der Waals surface area contributed by atoms with Gasteiger partial charge in [-0.25, -0.2) is 4.99 Å². The standard InChI is InChI=1S/C24H15Cl2N3OS/c25-16-5-9-18(10-6-16)28-24-29(19-11-7-17(26)8-12-19)23(30)22(31-24)13-15-14-27-21-4-2-1-3-20(15)21/h1-14,30H/b15-13+,28-24?. The van der Waals surface area contributed by atoms with Crippen molar-refractivity contribution >= 4 is 63.8 Å². The zero-order chi connectivity index (χ0) is 21.4. The fourth-order valence-electron chi connectivity index (χ4n) is 3.30. The molecule has 31 heavy (non-hydrogen) atoms. The molecule has 1 aromatic heterocycles. The number of hydrogen-bond acceptors (Lipinski definition) is 4. The molecule has 5 rings (SSSR count). The summed E-state index contributed by atoms with van der Waals surface area (Å²) in [6.45, 7) is 0. The van der Waals surface area contributed by atoms with Crippen LogP contribution in [0.3, 0.4) is 0 Å². The number of allylic oxidation sites excluding steroid dienone is 1. The van der Waals surface area contributed by atoms with Gasteiger partial charge in [-0.2, -0.15) is 0 Å². The largest absolute Gasteiger partial charge is 0.493 e. The molecule has 0 aliphatic carbocycles. The second-order valence-corrected chi connectivity index (χ2v) is 8.73. The zero-order valence-electron chi connectivity index (χ0n) is 16.0. The number of thiazole rings is 1. The Bertz CT molecular complexity index is 1400. The Kier molecular flexibility index (Phi) is 5.24. The molecule has 0 saturated heterocycles. The van der Waals surface area contributed by atoms with E-state index in [0.717, 1.165) is 28.2 Å². The number of nitrogens with zero attached hydrogens (tertiary/aromatic N) is 3. The number of aromatic hydroxyl groups is 1. The van der Waals surface area contributed by atoms with E-state index < -0.39 is 0 Å². The van der Waals surface area contributed by atoms with Gasteiger partial charge in [-0.15, -0.1) is 0 Å². The summed E-state index contributed by atoms with van der Waals surface area (Å²) in [7, 11) is 0. The van der Waals surface area contributed by atoms with Crippen LogP contribution in [-0.2, 0) is 0 Å². The molecule has 0 amide bonds. The van der Waals surface area contributed by atoms with E-state index in [-0.39, 0.29) is 5.88 Å². The first kappa shape index (κ1) is 19.8. The second-order valence-electron chi connectivity index (χ2n) is 6.85. The minimum absolute atomic E-state index is 0.102. The predicted molar refractivity (Wildman–Crippen MR) is 129 cm³/mol. The Morgan fingerprint density at radius 2 is 1.58 bits per heavy atom. The average molecular weight is 464 g/mol. The maximum absolute atomic E-state index is 11.1. The lowest BCUT2D eigenvalue weighted by Crippen LogP contribution is -2.11. The van der Waals surface area contributed by atoms with Crippen molar-refractivity contribution in [3.05, 3.63) is 98.1 Å². The van der Waals surface area contributed by atoms with E-state index in [1.807, 2.05) is 60.8 Å². The van der Waals surface area contributed by atoms with E-state index in [1.165, 1.54) is 11.3 Å². The van der Waals surface area contributed by atoms with Crippen molar-refractivity contribution in [3.8, 4) is 11.6 Å². The lowest BCUT2D eigenvalue weighted by Gasteiger charge is -2.05. The molecule has 1 N–H and O–H groups in total. The Morgan fingerprint density at radius 3 is 2.32 bits per heavy atom. The van der Waals surface area contributed by atoms with Crippen LogP contribution in [0.25, 0.3) is 17.3 Å². The molecule has 2 heterocycles. The average Bonchev–Trinajstić information content (AvgIpc) is 3.32. The lowest BCUT2D eigenvalue weighted by molar-refractivity contribution is 0.439. The van der Waals surface area contributed by atoms with E-state index >= 15 is 0 Å². The third-order valence-electron chi connectivity index (χ3n) is 4.81. The molecule has 0 atom stereocenters. The zero-order valence-corrected chi connectivity index (χ0v) is 18.4. The van der Waals surface area contributed by atoms with Crippen molar-refractivity contribution in [1.29, 1.82) is 0 Å². The van der Waals surface area contributed by atoms with Gasteiger partial charge in [-0.1, -0.05) is 52.7 Å². The van der Waals surface area contributed by atoms with Gasteiger partial charge < -0.3 is 5.11 Å². The number of rotatable bonds is 3. The minimum Gasteiger partial charge on any atom is -0.493 e. The normalized spacial score (nSPS) is 14.4. The summed E-state index contributed by atoms with van der Waals surface area (Å²) >= 11 is 13.5. The molecule has 1 aliphatic rings. The summed E-state index contributed by atoms with van der Waals surface area (Å²) < 4.78 is 1.71. The molecule has 0 unspecified atom stereocenters. The molecule has 0 fully saturated rings. The molecule has 0 saturated carbocycles. The van der Waals surface area contributed by atoms with Crippen LogP contribution in [0, 0.1) is 0 Å². The quantitative estimate of drug-likeness (QED) is 0.347. The van der Waals surface area contributed by atoms with E-state index in [2.05, 4.69) is 4.99 Å². The van der Waals surface area contributed by atoms with Crippen LogP contribution in [0.15, 0.2) is 82.8 Å². The highest BCUT2D eigenvalue weighted by molar-refractivity contribution is 7.10. The molecule has 0 bridgehead atoms. The first-order valence-electron chi connectivity index (χ1n) is 9.45. The van der Waals surface area contributed by atoms with E-state index in [4.69, 9.17) is 28.2 Å². The summed E-state index contributed by atoms with van der Waals surface area (Å²) in [6.07, 6.45) is 3.75. The highest BCUT2D eigenvalue weighted by Crippen LogP contribution is 2.35. The molecular weight excluding hydrogens is 449 g/mol. The monoisotopic (exact) mass is 463 g/mol. The first-order chi connectivity index (χ1) is 15.1. The predicted octanol–water partition coefficient (Wildman–Crippen LogP) is 7.04. The van der Waals surface area contributed by atoms with Crippen molar-refractivity contribution in [2.45, 2.75) is 0 Å². The van der Waals surface area contributed by atoms with Gasteiger partial charge in [-0.05, 0) is 60.7 Å². The number of halogens is 2. The molecule has 0 radical (unpaired) electrons. The fourth-order valence-corrected chi connectivity index (χ4v) is 4.55. The van der Waals surface area contributed by atoms with Gasteiger partial charge in [0.25, 0.3) is 0 Å². The lowest BCUT2D eigenvalue weighted by atomic mass is 10.1. The van der Waals surface area contributed by atoms with Crippen molar-refractivity contribution in [1.82, 2.24) is 4.57 Å². The van der Waals surface area contributed by atoms with Gasteiger partial charge in [0.2, 0.25) is 5.88 Å². The highest BCUT2D eigenvalue weighted by Gasteiger charge is 2.17. The van der Waals surface area contributed by atoms with Crippen molar-refractivity contribution in [3.63, 3.8) is 0 Å². The summed E-state index contributed by atoms with van der Waals surface area (Å²) in [5.74, 6) is 0.102. The van der Waals surface area contributed by atoms with Crippen molar-refractivity contribution in [2.75, 3.05) is 0 Å². The summed E-state index contributed by atoms with van der Waals surface area (Å²) in [5.41, 5.74) is 4.38. The maximum Gasteiger partial charge on any atom is 0.215 e. The van der Waals surface area contributed by atoms with Crippen LogP contribution in [0.1, 0.15) is 10.4 Å². The van der Waals surface area contributed by atoms with Crippen LogP contribution < -0.4 is 4.80 Å². The van der Waals surface area contributed by atoms with Gasteiger partial charge in [0.05, 0.1) is 21.9 Å². The second kappa shape index (κ2) is 8.19. The SMILES string of the molecule is Oc1c(/C=C2\C=Nc3ccccc32)sc(=Nc2ccc(Cl)cc2)n1-c1ccc(Cl)cc1. The molecule has 0 spiro atoms. The van der Waals surface area contributed by atoms with Crippen LogP contribution in [-0.4, -0.2) is 15.9 Å². The molecule has 152 valence electrons. The van der Waals surface area contributed by atoms with Crippen molar-refractivity contribution < 1.29 is 5.11 Å². The van der Waals surface area contributed by atoms with Crippen LogP contribution in [0.2, 0.25) is 10.0 Å². The topological polar surface area (TPSA) is 49.9 Å². The van der Waals surface area contributed by atoms with Crippen LogP contribution in [0.5, 0.6) is 5.88 Å². The van der Waals surface area contributed by atoms with E-state index in [1.54, 1.807) is 28.8 Å². The molecule has 4 nitrogen and oxygen atoms in total. The fraction of sp³-hybridized carbons (Fsp3) is 0. The van der Waals surface area contributed by atoms with Gasteiger partial charge in [0, 0.05) is 27.4 Å². The number of hydrogen-bond donors (Lipinski definition) is 1. The van der Waals surface area contributed by atoms with Gasteiger partial charge in [0.1, 0.15) is 0 Å². The molecule has 7 heteroatoms. The molecule has 3 aromatic carbocycles. The Hall–Kier alpha value is -3.12. The Balaban J connectivity index is 1.69. The Morgan fingerprint density at radius 1 is 0.903 bits per heavy atom. The van der Waals surface area contributed by atoms with Crippen molar-refractivity contribution in [2.24, 2.45) is 9.98 Å². The number of aliphatic imine (C=N–C) groups is 1. The maximum atomic E-state index is 11.1. The smallest absolute Gasteiger partial charge is 0.215 e. The van der Waals surface area contributed by atoms with E-state index in [0.29, 0.717) is 19.7 Å². The Labute approximate surface area is 192 Å². The third-order valence-corrected chi connectivity index (χ3v) is 6.29. The van der Waals surface area contributed by atoms with Crippen LogP contribution >= 0.6 is 34.5 Å². The van der Waals surface area contributed by atoms with E-state index in [9.17, 15) is 5.11 Å². The molecule has 4 aromatic rings. The highest BCUT2D eigenvalue weighted by atomic mass is 35.5. The number of fused-ring (bicyclic) bond motifs is 1. The van der Waals surface area contributed by atoms with Crippen LogP contribution in [0.4, 0.5) is 11.4 Å². The third kappa shape index (κ3) is 3.95. The minimum atomic E-state index is 0.102. The number of para-hydroxylation sites is 1. The summed E-state index contributed by atoms with van der Waals surface area (Å²) in [5, 5.41) is 12.4. The summed E-state index contributed by atoms with van der Waals surface area (Å²) in [6, 6.07) is 22.4. The van der Waals surface area contributed by atoms with Gasteiger partial charge in [-0.3, -0.25) is 9.56 Å². The molecular formula is C24H15Cl2N3OS. The van der Waals surface area contributed by atoms with Gasteiger partial charge >= 0.3 is 0 Å². The number of benzene rings is 3. The number of aromatic nitrogens is 1. The first-order valence-corrected chi connectivity index (χ1v) is 11.0.